The number of carbonyl (C=O) groups excluding carboxylic acids is 2. The number of hydrazine groups is 1. The first-order chi connectivity index (χ1) is 9.18. The minimum Gasteiger partial charge on any atom is -0.267 e. The fourth-order valence-electron chi connectivity index (χ4n) is 2.20. The molecule has 0 unspecified atom stereocenters. The molecule has 1 aliphatic heterocycles. The largest absolute Gasteiger partial charge is 0.276 e. The minimum atomic E-state index is -0.252. The van der Waals surface area contributed by atoms with Crippen LogP contribution in [0.15, 0.2) is 41.1 Å². The standard InChI is InChI=1S/C14H12N2O2S/c1-15(8-10-6-7-19-9-10)16-13(17)11-4-2-3-5-12(11)14(16)18/h2-7,9H,8H2,1H3. The van der Waals surface area contributed by atoms with Crippen LogP contribution in [0.5, 0.6) is 0 Å². The van der Waals surface area contributed by atoms with Gasteiger partial charge in [0.15, 0.2) is 0 Å². The zero-order valence-electron chi connectivity index (χ0n) is 10.4. The van der Waals surface area contributed by atoms with Crippen LogP contribution in [0.4, 0.5) is 0 Å². The van der Waals surface area contributed by atoms with Crippen molar-refractivity contribution in [3.05, 3.63) is 57.8 Å². The van der Waals surface area contributed by atoms with Gasteiger partial charge in [0.1, 0.15) is 0 Å². The summed E-state index contributed by atoms with van der Waals surface area (Å²) in [6.45, 7) is 0.537. The Labute approximate surface area is 114 Å². The lowest BCUT2D eigenvalue weighted by molar-refractivity contribution is 0.0102. The predicted octanol–water partition coefficient (Wildman–Crippen LogP) is 2.39. The van der Waals surface area contributed by atoms with Crippen molar-refractivity contribution >= 4 is 23.2 Å². The van der Waals surface area contributed by atoms with Gasteiger partial charge in [0, 0.05) is 13.6 Å². The van der Waals surface area contributed by atoms with Crippen LogP contribution in [-0.4, -0.2) is 28.9 Å². The molecule has 0 saturated heterocycles. The molecule has 0 bridgehead atoms. The minimum absolute atomic E-state index is 0.252. The van der Waals surface area contributed by atoms with Crippen molar-refractivity contribution in [2.45, 2.75) is 6.54 Å². The highest BCUT2D eigenvalue weighted by Gasteiger charge is 2.37. The number of hydrogen-bond acceptors (Lipinski definition) is 4. The van der Waals surface area contributed by atoms with Gasteiger partial charge < -0.3 is 0 Å². The van der Waals surface area contributed by atoms with Crippen LogP contribution < -0.4 is 0 Å². The van der Waals surface area contributed by atoms with Crippen LogP contribution in [-0.2, 0) is 6.54 Å². The second kappa shape index (κ2) is 4.60. The molecule has 1 aromatic heterocycles. The molecule has 0 saturated carbocycles. The van der Waals surface area contributed by atoms with Crippen molar-refractivity contribution < 1.29 is 9.59 Å². The summed E-state index contributed by atoms with van der Waals surface area (Å²) in [7, 11) is 1.75. The summed E-state index contributed by atoms with van der Waals surface area (Å²) in [5.74, 6) is -0.503. The van der Waals surface area contributed by atoms with E-state index in [4.69, 9.17) is 0 Å². The van der Waals surface area contributed by atoms with E-state index in [9.17, 15) is 9.59 Å². The number of nitrogens with zero attached hydrogens (tertiary/aromatic N) is 2. The molecular formula is C14H12N2O2S. The molecule has 0 N–H and O–H groups in total. The molecule has 1 aromatic carbocycles. The maximum Gasteiger partial charge on any atom is 0.276 e. The van der Waals surface area contributed by atoms with Gasteiger partial charge in [-0.2, -0.15) is 11.3 Å². The first-order valence-electron chi connectivity index (χ1n) is 5.88. The molecular weight excluding hydrogens is 260 g/mol. The summed E-state index contributed by atoms with van der Waals surface area (Å²) in [5, 5.41) is 6.86. The Balaban J connectivity index is 1.87. The van der Waals surface area contributed by atoms with Gasteiger partial charge in [-0.1, -0.05) is 12.1 Å². The van der Waals surface area contributed by atoms with E-state index in [1.165, 1.54) is 5.01 Å². The average Bonchev–Trinajstić information content (AvgIpc) is 2.99. The molecule has 0 fully saturated rings. The van der Waals surface area contributed by atoms with Crippen LogP contribution in [0.25, 0.3) is 0 Å². The molecule has 2 aromatic rings. The van der Waals surface area contributed by atoms with E-state index < -0.39 is 0 Å². The lowest BCUT2D eigenvalue weighted by Gasteiger charge is -2.25. The van der Waals surface area contributed by atoms with Gasteiger partial charge in [0.2, 0.25) is 0 Å². The van der Waals surface area contributed by atoms with E-state index in [2.05, 4.69) is 0 Å². The van der Waals surface area contributed by atoms with E-state index in [1.807, 2.05) is 16.8 Å². The molecule has 2 amide bonds. The van der Waals surface area contributed by atoms with E-state index in [1.54, 1.807) is 47.7 Å². The van der Waals surface area contributed by atoms with Crippen LogP contribution in [0.1, 0.15) is 26.3 Å². The van der Waals surface area contributed by atoms with Gasteiger partial charge >= 0.3 is 0 Å². The zero-order valence-corrected chi connectivity index (χ0v) is 11.2. The van der Waals surface area contributed by atoms with Crippen molar-refractivity contribution in [3.8, 4) is 0 Å². The Morgan fingerprint density at radius 3 is 2.26 bits per heavy atom. The second-order valence-electron chi connectivity index (χ2n) is 4.42. The average molecular weight is 272 g/mol. The number of hydrogen-bond donors (Lipinski definition) is 0. The van der Waals surface area contributed by atoms with Crippen molar-refractivity contribution in [2.75, 3.05) is 7.05 Å². The fraction of sp³-hybridized carbons (Fsp3) is 0.143. The quantitative estimate of drug-likeness (QED) is 0.806. The third-order valence-corrected chi connectivity index (χ3v) is 3.84. The fourth-order valence-corrected chi connectivity index (χ4v) is 2.86. The molecule has 96 valence electrons. The Hall–Kier alpha value is -1.98. The number of benzene rings is 1. The highest BCUT2D eigenvalue weighted by Crippen LogP contribution is 2.24. The van der Waals surface area contributed by atoms with Crippen molar-refractivity contribution in [1.82, 2.24) is 10.0 Å². The smallest absolute Gasteiger partial charge is 0.267 e. The highest BCUT2D eigenvalue weighted by atomic mass is 32.1. The first kappa shape index (κ1) is 12.1. The number of amides is 2. The van der Waals surface area contributed by atoms with Gasteiger partial charge in [-0.3, -0.25) is 9.59 Å². The Morgan fingerprint density at radius 2 is 1.74 bits per heavy atom. The first-order valence-corrected chi connectivity index (χ1v) is 6.82. The number of rotatable bonds is 3. The Bertz CT molecular complexity index is 602. The molecule has 0 spiro atoms. The monoisotopic (exact) mass is 272 g/mol. The van der Waals surface area contributed by atoms with E-state index >= 15 is 0 Å². The second-order valence-corrected chi connectivity index (χ2v) is 5.20. The number of carbonyl (C=O) groups is 2. The SMILES string of the molecule is CN(Cc1ccsc1)N1C(=O)c2ccccc2C1=O. The van der Waals surface area contributed by atoms with Crippen molar-refractivity contribution in [1.29, 1.82) is 0 Å². The van der Waals surface area contributed by atoms with E-state index in [0.717, 1.165) is 5.56 Å². The summed E-state index contributed by atoms with van der Waals surface area (Å²) < 4.78 is 0. The number of imide groups is 1. The molecule has 3 rings (SSSR count). The third kappa shape index (κ3) is 1.97. The van der Waals surface area contributed by atoms with E-state index in [-0.39, 0.29) is 11.8 Å². The maximum absolute atomic E-state index is 12.2. The van der Waals surface area contributed by atoms with Crippen LogP contribution >= 0.6 is 11.3 Å². The summed E-state index contributed by atoms with van der Waals surface area (Å²) >= 11 is 1.60. The maximum atomic E-state index is 12.2. The topological polar surface area (TPSA) is 40.6 Å². The zero-order chi connectivity index (χ0) is 13.4. The van der Waals surface area contributed by atoms with Crippen LogP contribution in [0, 0.1) is 0 Å². The van der Waals surface area contributed by atoms with E-state index in [0.29, 0.717) is 17.7 Å². The molecule has 5 heteroatoms. The highest BCUT2D eigenvalue weighted by molar-refractivity contribution is 7.07. The van der Waals surface area contributed by atoms with Gasteiger partial charge in [0.05, 0.1) is 11.1 Å². The summed E-state index contributed by atoms with van der Waals surface area (Å²) in [4.78, 5) is 24.5. The lowest BCUT2D eigenvalue weighted by atomic mass is 10.1. The lowest BCUT2D eigenvalue weighted by Crippen LogP contribution is -2.43. The Morgan fingerprint density at radius 1 is 1.11 bits per heavy atom. The molecule has 1 aliphatic rings. The van der Waals surface area contributed by atoms with Crippen LogP contribution in [0.2, 0.25) is 0 Å². The molecule has 0 aliphatic carbocycles. The predicted molar refractivity (Wildman–Crippen MR) is 72.7 cm³/mol. The normalized spacial score (nSPS) is 14.3. The number of thiophene rings is 1. The van der Waals surface area contributed by atoms with Gasteiger partial charge in [-0.05, 0) is 34.5 Å². The molecule has 0 atom stereocenters. The third-order valence-electron chi connectivity index (χ3n) is 3.11. The van der Waals surface area contributed by atoms with Gasteiger partial charge in [-0.25, -0.2) is 10.0 Å². The van der Waals surface area contributed by atoms with Gasteiger partial charge in [-0.15, -0.1) is 0 Å². The summed E-state index contributed by atoms with van der Waals surface area (Å²) in [6, 6.07) is 8.90. The molecule has 19 heavy (non-hydrogen) atoms. The van der Waals surface area contributed by atoms with Crippen LogP contribution in [0.3, 0.4) is 0 Å². The summed E-state index contributed by atoms with van der Waals surface area (Å²) in [6.07, 6.45) is 0. The van der Waals surface area contributed by atoms with Crippen molar-refractivity contribution in [2.24, 2.45) is 0 Å². The van der Waals surface area contributed by atoms with Crippen molar-refractivity contribution in [3.63, 3.8) is 0 Å². The summed E-state index contributed by atoms with van der Waals surface area (Å²) in [5.41, 5.74) is 2.04. The Kier molecular flexibility index (Phi) is 2.93. The number of fused-ring (bicyclic) bond motifs is 1. The molecule has 2 heterocycles. The molecule has 0 radical (unpaired) electrons. The van der Waals surface area contributed by atoms with Gasteiger partial charge in [0.25, 0.3) is 11.8 Å². The molecule has 4 nitrogen and oxygen atoms in total.